The Labute approximate surface area is 148 Å². The molecule has 0 spiro atoms. The SMILES string of the molecule is CCCNC(=O)[C@H]1CCCN(C(=O)N[C@H]2CCc3cc(F)ccc32)C1. The molecule has 1 heterocycles. The largest absolute Gasteiger partial charge is 0.356 e. The minimum atomic E-state index is -0.234. The smallest absolute Gasteiger partial charge is 0.317 e. The maximum Gasteiger partial charge on any atom is 0.317 e. The van der Waals surface area contributed by atoms with E-state index in [1.165, 1.54) is 6.07 Å². The predicted octanol–water partition coefficient (Wildman–Crippen LogP) is 2.76. The minimum absolute atomic E-state index is 0.0426. The maximum absolute atomic E-state index is 13.3. The summed E-state index contributed by atoms with van der Waals surface area (Å²) >= 11 is 0. The summed E-state index contributed by atoms with van der Waals surface area (Å²) in [7, 11) is 0. The van der Waals surface area contributed by atoms with Gasteiger partial charge < -0.3 is 15.5 Å². The molecule has 3 amide bonds. The second-order valence-corrected chi connectivity index (χ2v) is 6.96. The van der Waals surface area contributed by atoms with Crippen LogP contribution < -0.4 is 10.6 Å². The van der Waals surface area contributed by atoms with Crippen molar-refractivity contribution in [2.75, 3.05) is 19.6 Å². The van der Waals surface area contributed by atoms with Gasteiger partial charge in [0.25, 0.3) is 0 Å². The molecule has 6 heteroatoms. The highest BCUT2D eigenvalue weighted by atomic mass is 19.1. The van der Waals surface area contributed by atoms with Crippen molar-refractivity contribution in [2.24, 2.45) is 5.92 Å². The molecule has 136 valence electrons. The molecule has 1 saturated heterocycles. The van der Waals surface area contributed by atoms with E-state index in [2.05, 4.69) is 10.6 Å². The Morgan fingerprint density at radius 3 is 2.96 bits per heavy atom. The van der Waals surface area contributed by atoms with E-state index in [4.69, 9.17) is 0 Å². The molecule has 0 aromatic heterocycles. The maximum atomic E-state index is 13.3. The van der Waals surface area contributed by atoms with Gasteiger partial charge in [-0.1, -0.05) is 13.0 Å². The van der Waals surface area contributed by atoms with Crippen LogP contribution in [-0.2, 0) is 11.2 Å². The van der Waals surface area contributed by atoms with E-state index in [0.717, 1.165) is 43.2 Å². The van der Waals surface area contributed by atoms with Crippen molar-refractivity contribution in [3.8, 4) is 0 Å². The Hall–Kier alpha value is -2.11. The van der Waals surface area contributed by atoms with Gasteiger partial charge in [-0.2, -0.15) is 0 Å². The molecule has 0 unspecified atom stereocenters. The molecule has 0 bridgehead atoms. The number of nitrogens with zero attached hydrogens (tertiary/aromatic N) is 1. The number of rotatable bonds is 4. The number of likely N-dealkylation sites (tertiary alicyclic amines) is 1. The molecule has 5 nitrogen and oxygen atoms in total. The Balaban J connectivity index is 1.58. The van der Waals surface area contributed by atoms with Crippen LogP contribution >= 0.6 is 0 Å². The number of aryl methyl sites for hydroxylation is 1. The van der Waals surface area contributed by atoms with Gasteiger partial charge in [0.15, 0.2) is 0 Å². The lowest BCUT2D eigenvalue weighted by atomic mass is 9.97. The highest BCUT2D eigenvalue weighted by Gasteiger charge is 2.31. The fourth-order valence-corrected chi connectivity index (χ4v) is 3.74. The number of hydrogen-bond acceptors (Lipinski definition) is 2. The number of amides is 3. The number of fused-ring (bicyclic) bond motifs is 1. The number of hydrogen-bond donors (Lipinski definition) is 2. The van der Waals surface area contributed by atoms with Gasteiger partial charge in [0.05, 0.1) is 12.0 Å². The van der Waals surface area contributed by atoms with Crippen LogP contribution in [0.5, 0.6) is 0 Å². The Morgan fingerprint density at radius 2 is 2.16 bits per heavy atom. The first-order chi connectivity index (χ1) is 12.1. The Kier molecular flexibility index (Phi) is 5.56. The van der Waals surface area contributed by atoms with E-state index in [0.29, 0.717) is 19.6 Å². The van der Waals surface area contributed by atoms with Crippen LogP contribution in [0.25, 0.3) is 0 Å². The lowest BCUT2D eigenvalue weighted by Crippen LogP contribution is -2.49. The van der Waals surface area contributed by atoms with Gasteiger partial charge in [0.1, 0.15) is 5.82 Å². The molecular formula is C19H26FN3O2. The third-order valence-electron chi connectivity index (χ3n) is 5.11. The highest BCUT2D eigenvalue weighted by Crippen LogP contribution is 2.31. The molecule has 1 fully saturated rings. The first-order valence-corrected chi connectivity index (χ1v) is 9.20. The number of urea groups is 1. The van der Waals surface area contributed by atoms with Gasteiger partial charge in [0.2, 0.25) is 5.91 Å². The van der Waals surface area contributed by atoms with Crippen LogP contribution in [0, 0.1) is 11.7 Å². The molecule has 0 saturated carbocycles. The van der Waals surface area contributed by atoms with Crippen LogP contribution in [0.4, 0.5) is 9.18 Å². The Bertz CT molecular complexity index is 650. The molecule has 0 radical (unpaired) electrons. The average molecular weight is 347 g/mol. The number of nitrogens with one attached hydrogen (secondary N) is 2. The second-order valence-electron chi connectivity index (χ2n) is 6.96. The van der Waals surface area contributed by atoms with Gasteiger partial charge in [0, 0.05) is 19.6 Å². The van der Waals surface area contributed by atoms with Gasteiger partial charge in [-0.3, -0.25) is 4.79 Å². The van der Waals surface area contributed by atoms with Gasteiger partial charge >= 0.3 is 6.03 Å². The average Bonchev–Trinajstić information content (AvgIpc) is 3.01. The second kappa shape index (κ2) is 7.85. The number of carbonyl (C=O) groups excluding carboxylic acids is 2. The summed E-state index contributed by atoms with van der Waals surface area (Å²) in [5.74, 6) is -0.320. The first-order valence-electron chi connectivity index (χ1n) is 9.20. The van der Waals surface area contributed by atoms with Gasteiger partial charge in [-0.05, 0) is 55.4 Å². The first kappa shape index (κ1) is 17.7. The lowest BCUT2D eigenvalue weighted by molar-refractivity contribution is -0.126. The summed E-state index contributed by atoms with van der Waals surface area (Å²) in [6.07, 6.45) is 4.14. The molecule has 2 N–H and O–H groups in total. The van der Waals surface area contributed by atoms with E-state index >= 15 is 0 Å². The summed E-state index contributed by atoms with van der Waals surface area (Å²) in [5.41, 5.74) is 1.98. The third kappa shape index (κ3) is 4.11. The summed E-state index contributed by atoms with van der Waals surface area (Å²) in [6, 6.07) is 4.56. The highest BCUT2D eigenvalue weighted by molar-refractivity contribution is 5.81. The fraction of sp³-hybridized carbons (Fsp3) is 0.579. The van der Waals surface area contributed by atoms with Crippen LogP contribution in [-0.4, -0.2) is 36.5 Å². The van der Waals surface area contributed by atoms with Crippen molar-refractivity contribution >= 4 is 11.9 Å². The van der Waals surface area contributed by atoms with E-state index < -0.39 is 0 Å². The number of benzene rings is 1. The Morgan fingerprint density at radius 1 is 1.32 bits per heavy atom. The van der Waals surface area contributed by atoms with Crippen molar-refractivity contribution < 1.29 is 14.0 Å². The number of carbonyl (C=O) groups is 2. The zero-order valence-corrected chi connectivity index (χ0v) is 14.7. The molecule has 1 aliphatic carbocycles. The van der Waals surface area contributed by atoms with Crippen molar-refractivity contribution in [1.82, 2.24) is 15.5 Å². The fourth-order valence-electron chi connectivity index (χ4n) is 3.74. The van der Waals surface area contributed by atoms with Crippen molar-refractivity contribution in [2.45, 2.75) is 45.1 Å². The number of piperidine rings is 1. The molecule has 1 aromatic rings. The molecule has 1 aliphatic heterocycles. The van der Waals surface area contributed by atoms with Crippen LogP contribution in [0.1, 0.15) is 49.8 Å². The van der Waals surface area contributed by atoms with Crippen LogP contribution in [0.2, 0.25) is 0 Å². The summed E-state index contributed by atoms with van der Waals surface area (Å²) < 4.78 is 13.3. The van der Waals surface area contributed by atoms with Crippen molar-refractivity contribution in [3.05, 3.63) is 35.1 Å². The van der Waals surface area contributed by atoms with Gasteiger partial charge in [-0.15, -0.1) is 0 Å². The zero-order chi connectivity index (χ0) is 17.8. The van der Waals surface area contributed by atoms with Crippen LogP contribution in [0.15, 0.2) is 18.2 Å². The molecule has 2 aliphatic rings. The minimum Gasteiger partial charge on any atom is -0.356 e. The van der Waals surface area contributed by atoms with E-state index in [9.17, 15) is 14.0 Å². The standard InChI is InChI=1S/C19H26FN3O2/c1-2-9-21-18(24)14-4-3-10-23(12-14)19(25)22-17-8-5-13-11-15(20)6-7-16(13)17/h6-7,11,14,17H,2-5,8-10,12H2,1H3,(H,21,24)(H,22,25)/t14-,17-/m0/s1. The number of halogens is 1. The van der Waals surface area contributed by atoms with Crippen molar-refractivity contribution in [1.29, 1.82) is 0 Å². The van der Waals surface area contributed by atoms with Gasteiger partial charge in [-0.25, -0.2) is 9.18 Å². The van der Waals surface area contributed by atoms with Crippen molar-refractivity contribution in [3.63, 3.8) is 0 Å². The molecule has 3 rings (SSSR count). The zero-order valence-electron chi connectivity index (χ0n) is 14.7. The third-order valence-corrected chi connectivity index (χ3v) is 5.11. The molecule has 1 aromatic carbocycles. The monoisotopic (exact) mass is 347 g/mol. The molecule has 2 atom stereocenters. The summed E-state index contributed by atoms with van der Waals surface area (Å²) in [6.45, 7) is 3.83. The normalized spacial score (nSPS) is 22.4. The summed E-state index contributed by atoms with van der Waals surface area (Å²) in [5, 5.41) is 5.98. The molecular weight excluding hydrogens is 321 g/mol. The van der Waals surface area contributed by atoms with E-state index in [1.54, 1.807) is 17.0 Å². The lowest BCUT2D eigenvalue weighted by Gasteiger charge is -2.33. The predicted molar refractivity (Wildman–Crippen MR) is 93.6 cm³/mol. The van der Waals surface area contributed by atoms with E-state index in [-0.39, 0.29) is 29.7 Å². The van der Waals surface area contributed by atoms with E-state index in [1.807, 2.05) is 6.92 Å². The quantitative estimate of drug-likeness (QED) is 0.880. The summed E-state index contributed by atoms with van der Waals surface area (Å²) in [4.78, 5) is 26.5. The topological polar surface area (TPSA) is 61.4 Å². The van der Waals surface area contributed by atoms with Crippen LogP contribution in [0.3, 0.4) is 0 Å². The molecule has 25 heavy (non-hydrogen) atoms.